The Morgan fingerprint density at radius 3 is 2.17 bits per heavy atom. The number of carbonyl (C=O) groups is 1. The van der Waals surface area contributed by atoms with E-state index in [-0.39, 0.29) is 5.92 Å². The smallest absolute Gasteiger partial charge is 0.225 e. The topological polar surface area (TPSA) is 49.6 Å². The number of hydrogen-bond acceptors (Lipinski definition) is 3. The summed E-state index contributed by atoms with van der Waals surface area (Å²) < 4.78 is 0. The van der Waals surface area contributed by atoms with Gasteiger partial charge in [-0.1, -0.05) is 25.7 Å². The van der Waals surface area contributed by atoms with Gasteiger partial charge in [-0.3, -0.25) is 4.79 Å². The van der Waals surface area contributed by atoms with E-state index in [1.165, 1.54) is 51.4 Å². The van der Waals surface area contributed by atoms with Crippen LogP contribution in [0.1, 0.15) is 64.2 Å². The van der Waals surface area contributed by atoms with Gasteiger partial charge in [0.15, 0.2) is 0 Å². The molecule has 3 rings (SSSR count). The summed E-state index contributed by atoms with van der Waals surface area (Å²) in [5, 5.41) is 0. The summed E-state index contributed by atoms with van der Waals surface area (Å²) in [6.45, 7) is 1.87. The summed E-state index contributed by atoms with van der Waals surface area (Å²) in [7, 11) is 4.24. The number of rotatable bonds is 5. The van der Waals surface area contributed by atoms with Crippen LogP contribution in [0.4, 0.5) is 0 Å². The Balaban J connectivity index is 1.46. The maximum absolute atomic E-state index is 12.9. The summed E-state index contributed by atoms with van der Waals surface area (Å²) in [5.74, 6) is 1.77. The first kappa shape index (κ1) is 18.2. The highest BCUT2D eigenvalue weighted by Gasteiger charge is 2.41. The van der Waals surface area contributed by atoms with Crippen molar-refractivity contribution in [1.29, 1.82) is 0 Å². The Morgan fingerprint density at radius 1 is 0.917 bits per heavy atom. The van der Waals surface area contributed by atoms with Crippen molar-refractivity contribution in [1.82, 2.24) is 9.80 Å². The first-order valence-electron chi connectivity index (χ1n) is 10.3. The van der Waals surface area contributed by atoms with Gasteiger partial charge in [-0.2, -0.15) is 0 Å². The second-order valence-electron chi connectivity index (χ2n) is 8.73. The minimum Gasteiger partial charge on any atom is -0.344 e. The molecule has 0 saturated heterocycles. The zero-order valence-corrected chi connectivity index (χ0v) is 15.8. The quantitative estimate of drug-likeness (QED) is 0.840. The Bertz CT molecular complexity index is 407. The Morgan fingerprint density at radius 2 is 1.54 bits per heavy atom. The van der Waals surface area contributed by atoms with Gasteiger partial charge < -0.3 is 15.5 Å². The van der Waals surface area contributed by atoms with Crippen molar-refractivity contribution in [2.24, 2.45) is 23.5 Å². The molecule has 2 unspecified atom stereocenters. The minimum atomic E-state index is 0.227. The van der Waals surface area contributed by atoms with Crippen LogP contribution in [-0.4, -0.2) is 55.0 Å². The molecule has 0 radical (unpaired) electrons. The lowest BCUT2D eigenvalue weighted by atomic mass is 9.65. The molecule has 0 heterocycles. The molecule has 2 atom stereocenters. The maximum atomic E-state index is 12.9. The molecule has 2 N–H and O–H groups in total. The Labute approximate surface area is 148 Å². The SMILES string of the molecule is CN(CCN(C)C1CCCCC1)C(=O)C1CC2CCCC(C1)C2N. The normalized spacial score (nSPS) is 34.3. The molecular weight excluding hydrogens is 298 g/mol. The highest BCUT2D eigenvalue weighted by molar-refractivity contribution is 5.78. The third-order valence-corrected chi connectivity index (χ3v) is 7.12. The minimum absolute atomic E-state index is 0.227. The molecule has 2 bridgehead atoms. The summed E-state index contributed by atoms with van der Waals surface area (Å²) in [4.78, 5) is 17.4. The fourth-order valence-electron chi connectivity index (χ4n) is 5.42. The molecule has 1 amide bonds. The average molecular weight is 336 g/mol. The molecule has 4 nitrogen and oxygen atoms in total. The van der Waals surface area contributed by atoms with Crippen molar-refractivity contribution < 1.29 is 4.79 Å². The number of fused-ring (bicyclic) bond motifs is 2. The zero-order valence-electron chi connectivity index (χ0n) is 15.8. The van der Waals surface area contributed by atoms with E-state index in [2.05, 4.69) is 11.9 Å². The number of carbonyl (C=O) groups excluding carboxylic acids is 1. The lowest BCUT2D eigenvalue weighted by Gasteiger charge is -2.44. The largest absolute Gasteiger partial charge is 0.344 e. The van der Waals surface area contributed by atoms with Crippen molar-refractivity contribution in [3.63, 3.8) is 0 Å². The van der Waals surface area contributed by atoms with E-state index in [1.807, 2.05) is 11.9 Å². The van der Waals surface area contributed by atoms with Crippen LogP contribution in [0.25, 0.3) is 0 Å². The standard InChI is InChI=1S/C20H37N3O/c1-22(18-9-4-3-5-10-18)11-12-23(2)20(24)17-13-15-7-6-8-16(14-17)19(15)21/h15-19H,3-14,21H2,1-2H3. The number of nitrogens with two attached hydrogens (primary N) is 1. The molecule has 0 aromatic heterocycles. The zero-order chi connectivity index (χ0) is 17.1. The molecule has 138 valence electrons. The fraction of sp³-hybridized carbons (Fsp3) is 0.950. The van der Waals surface area contributed by atoms with Crippen LogP contribution >= 0.6 is 0 Å². The molecule has 4 heteroatoms. The predicted octanol–water partition coefficient (Wildman–Crippen LogP) is 2.86. The van der Waals surface area contributed by atoms with Crippen LogP contribution in [0.5, 0.6) is 0 Å². The van der Waals surface area contributed by atoms with Crippen molar-refractivity contribution in [2.45, 2.75) is 76.3 Å². The van der Waals surface area contributed by atoms with Crippen LogP contribution in [0.3, 0.4) is 0 Å². The van der Waals surface area contributed by atoms with E-state index in [1.54, 1.807) is 0 Å². The van der Waals surface area contributed by atoms with Crippen LogP contribution in [0.2, 0.25) is 0 Å². The highest BCUT2D eigenvalue weighted by atomic mass is 16.2. The van der Waals surface area contributed by atoms with Gasteiger partial charge in [-0.15, -0.1) is 0 Å². The summed E-state index contributed by atoms with van der Waals surface area (Å²) in [5.41, 5.74) is 6.37. The maximum Gasteiger partial charge on any atom is 0.225 e. The van der Waals surface area contributed by atoms with Gasteiger partial charge in [-0.25, -0.2) is 0 Å². The van der Waals surface area contributed by atoms with Gasteiger partial charge in [0.1, 0.15) is 0 Å². The number of hydrogen-bond donors (Lipinski definition) is 1. The van der Waals surface area contributed by atoms with Gasteiger partial charge in [0.2, 0.25) is 5.91 Å². The average Bonchev–Trinajstić information content (AvgIpc) is 2.59. The van der Waals surface area contributed by atoms with E-state index in [9.17, 15) is 4.79 Å². The second kappa shape index (κ2) is 8.18. The summed E-state index contributed by atoms with van der Waals surface area (Å²) in [6, 6.07) is 1.08. The number of amides is 1. The fourth-order valence-corrected chi connectivity index (χ4v) is 5.42. The molecule has 0 aliphatic heterocycles. The van der Waals surface area contributed by atoms with E-state index in [0.29, 0.717) is 23.8 Å². The van der Waals surface area contributed by atoms with Gasteiger partial charge in [0.25, 0.3) is 0 Å². The Hall–Kier alpha value is -0.610. The molecule has 0 aromatic rings. The molecule has 3 saturated carbocycles. The lowest BCUT2D eigenvalue weighted by molar-refractivity contribution is -0.137. The second-order valence-corrected chi connectivity index (χ2v) is 8.73. The number of likely N-dealkylation sites (N-methyl/N-ethyl adjacent to an activating group) is 2. The Kier molecular flexibility index (Phi) is 6.20. The molecule has 3 fully saturated rings. The van der Waals surface area contributed by atoms with Gasteiger partial charge in [0, 0.05) is 38.1 Å². The lowest BCUT2D eigenvalue weighted by Crippen LogP contribution is -2.50. The molecule has 3 aliphatic carbocycles. The first-order chi connectivity index (χ1) is 11.6. The van der Waals surface area contributed by atoms with Crippen LogP contribution in [0, 0.1) is 17.8 Å². The van der Waals surface area contributed by atoms with Crippen LogP contribution in [-0.2, 0) is 4.79 Å². The van der Waals surface area contributed by atoms with E-state index in [0.717, 1.165) is 32.0 Å². The van der Waals surface area contributed by atoms with Crippen molar-refractivity contribution in [2.75, 3.05) is 27.2 Å². The van der Waals surface area contributed by atoms with Crippen molar-refractivity contribution in [3.8, 4) is 0 Å². The van der Waals surface area contributed by atoms with Gasteiger partial charge in [-0.05, 0) is 57.4 Å². The van der Waals surface area contributed by atoms with E-state index in [4.69, 9.17) is 5.73 Å². The molecule has 0 spiro atoms. The van der Waals surface area contributed by atoms with E-state index >= 15 is 0 Å². The highest BCUT2D eigenvalue weighted by Crippen LogP contribution is 2.42. The third kappa shape index (κ3) is 4.13. The van der Waals surface area contributed by atoms with Crippen molar-refractivity contribution in [3.05, 3.63) is 0 Å². The molecule has 0 aromatic carbocycles. The molecule has 24 heavy (non-hydrogen) atoms. The van der Waals surface area contributed by atoms with Crippen molar-refractivity contribution >= 4 is 5.91 Å². The third-order valence-electron chi connectivity index (χ3n) is 7.12. The monoisotopic (exact) mass is 335 g/mol. The summed E-state index contributed by atoms with van der Waals surface area (Å²) in [6.07, 6.45) is 12.6. The molecular formula is C20H37N3O. The van der Waals surface area contributed by atoms with Gasteiger partial charge in [0.05, 0.1) is 0 Å². The summed E-state index contributed by atoms with van der Waals surface area (Å²) >= 11 is 0. The van der Waals surface area contributed by atoms with Crippen LogP contribution in [0.15, 0.2) is 0 Å². The number of nitrogens with zero attached hydrogens (tertiary/aromatic N) is 2. The first-order valence-corrected chi connectivity index (χ1v) is 10.3. The van der Waals surface area contributed by atoms with E-state index < -0.39 is 0 Å². The van der Waals surface area contributed by atoms with Crippen LogP contribution < -0.4 is 5.73 Å². The molecule has 3 aliphatic rings. The van der Waals surface area contributed by atoms with Gasteiger partial charge >= 0.3 is 0 Å². The predicted molar refractivity (Wildman–Crippen MR) is 98.7 cm³/mol.